The molecule has 1 aliphatic rings. The fraction of sp³-hybridized carbons (Fsp3) is 0.667. The summed E-state index contributed by atoms with van der Waals surface area (Å²) in [5.74, 6) is 1.82. The maximum absolute atomic E-state index is 5.59. The molecule has 0 radical (unpaired) electrons. The van der Waals surface area contributed by atoms with Gasteiger partial charge in [0.2, 0.25) is 0 Å². The first-order chi connectivity index (χ1) is 7.79. The summed E-state index contributed by atoms with van der Waals surface area (Å²) in [6, 6.07) is 2.11. The largest absolute Gasteiger partial charge is 0.355 e. The Labute approximate surface area is 96.9 Å². The van der Waals surface area contributed by atoms with Crippen molar-refractivity contribution in [2.75, 3.05) is 24.5 Å². The van der Waals surface area contributed by atoms with Crippen LogP contribution in [0.3, 0.4) is 0 Å². The average Bonchev–Trinajstić information content (AvgIpc) is 2.30. The van der Waals surface area contributed by atoms with Crippen molar-refractivity contribution in [1.82, 2.24) is 10.2 Å². The molecule has 0 amide bonds. The zero-order valence-electron chi connectivity index (χ0n) is 9.89. The minimum atomic E-state index is 0.805. The van der Waals surface area contributed by atoms with E-state index in [4.69, 9.17) is 5.73 Å². The molecule has 0 aliphatic carbocycles. The van der Waals surface area contributed by atoms with E-state index in [0.717, 1.165) is 37.8 Å². The summed E-state index contributed by atoms with van der Waals surface area (Å²) < 4.78 is 0. The zero-order chi connectivity index (χ0) is 11.4. The quantitative estimate of drug-likeness (QED) is 0.835. The van der Waals surface area contributed by atoms with Crippen LogP contribution in [-0.4, -0.2) is 29.8 Å². The molecule has 1 aromatic rings. The lowest BCUT2D eigenvalue weighted by atomic mass is 9.94. The molecule has 0 unspecified atom stereocenters. The van der Waals surface area contributed by atoms with Gasteiger partial charge >= 0.3 is 0 Å². The number of hydrogen-bond donors (Lipinski definition) is 1. The van der Waals surface area contributed by atoms with Crippen molar-refractivity contribution in [1.29, 1.82) is 0 Å². The third kappa shape index (κ3) is 2.70. The molecule has 2 heterocycles. The Morgan fingerprint density at radius 1 is 1.44 bits per heavy atom. The Morgan fingerprint density at radius 3 is 2.81 bits per heavy atom. The van der Waals surface area contributed by atoms with Crippen LogP contribution >= 0.6 is 0 Å². The summed E-state index contributed by atoms with van der Waals surface area (Å²) in [5.41, 5.74) is 6.76. The van der Waals surface area contributed by atoms with Crippen molar-refractivity contribution in [3.8, 4) is 0 Å². The van der Waals surface area contributed by atoms with E-state index >= 15 is 0 Å². The van der Waals surface area contributed by atoms with Crippen molar-refractivity contribution >= 4 is 5.82 Å². The van der Waals surface area contributed by atoms with Gasteiger partial charge in [-0.05, 0) is 50.3 Å². The second kappa shape index (κ2) is 5.25. The molecule has 0 atom stereocenters. The van der Waals surface area contributed by atoms with Gasteiger partial charge in [-0.25, -0.2) is 0 Å². The van der Waals surface area contributed by atoms with Gasteiger partial charge < -0.3 is 10.6 Å². The molecule has 1 fully saturated rings. The topological polar surface area (TPSA) is 55.0 Å². The maximum atomic E-state index is 5.59. The normalized spacial score (nSPS) is 17.8. The minimum Gasteiger partial charge on any atom is -0.355 e. The molecule has 1 aliphatic heterocycles. The zero-order valence-corrected chi connectivity index (χ0v) is 9.89. The summed E-state index contributed by atoms with van der Waals surface area (Å²) in [6.07, 6.45) is 5.41. The van der Waals surface area contributed by atoms with Crippen LogP contribution in [-0.2, 0) is 0 Å². The van der Waals surface area contributed by atoms with Crippen LogP contribution in [0.4, 0.5) is 5.82 Å². The van der Waals surface area contributed by atoms with E-state index in [2.05, 4.69) is 28.1 Å². The van der Waals surface area contributed by atoms with Crippen molar-refractivity contribution in [3.05, 3.63) is 17.8 Å². The van der Waals surface area contributed by atoms with E-state index in [1.54, 1.807) is 6.20 Å². The summed E-state index contributed by atoms with van der Waals surface area (Å²) in [6.45, 7) is 5.04. The van der Waals surface area contributed by atoms with Gasteiger partial charge in [0.15, 0.2) is 5.82 Å². The van der Waals surface area contributed by atoms with Crippen molar-refractivity contribution in [3.63, 3.8) is 0 Å². The molecule has 1 aromatic heterocycles. The summed E-state index contributed by atoms with van der Waals surface area (Å²) in [7, 11) is 0. The van der Waals surface area contributed by atoms with Crippen LogP contribution in [0.5, 0.6) is 0 Å². The van der Waals surface area contributed by atoms with E-state index in [-0.39, 0.29) is 0 Å². The number of hydrogen-bond acceptors (Lipinski definition) is 4. The first-order valence-electron chi connectivity index (χ1n) is 6.04. The monoisotopic (exact) mass is 220 g/mol. The van der Waals surface area contributed by atoms with Crippen LogP contribution in [0.2, 0.25) is 0 Å². The highest BCUT2D eigenvalue weighted by molar-refractivity contribution is 5.39. The first-order valence-corrected chi connectivity index (χ1v) is 6.04. The van der Waals surface area contributed by atoms with Crippen LogP contribution in [0.15, 0.2) is 12.3 Å². The number of aromatic nitrogens is 2. The van der Waals surface area contributed by atoms with Gasteiger partial charge in [-0.2, -0.15) is 5.10 Å². The Kier molecular flexibility index (Phi) is 3.72. The van der Waals surface area contributed by atoms with Gasteiger partial charge in [0.05, 0.1) is 6.20 Å². The van der Waals surface area contributed by atoms with Crippen molar-refractivity contribution in [2.24, 2.45) is 11.7 Å². The molecule has 88 valence electrons. The number of nitrogens with zero attached hydrogens (tertiary/aromatic N) is 3. The van der Waals surface area contributed by atoms with Crippen molar-refractivity contribution in [2.45, 2.75) is 26.2 Å². The summed E-state index contributed by atoms with van der Waals surface area (Å²) in [5, 5.41) is 8.19. The molecule has 2 N–H and O–H groups in total. The Morgan fingerprint density at radius 2 is 2.19 bits per heavy atom. The molecule has 4 heteroatoms. The Bertz CT molecular complexity index is 332. The number of aryl methyl sites for hydroxylation is 1. The Balaban J connectivity index is 1.94. The van der Waals surface area contributed by atoms with Gasteiger partial charge in [0.1, 0.15) is 0 Å². The van der Waals surface area contributed by atoms with Crippen LogP contribution in [0.25, 0.3) is 0 Å². The SMILES string of the molecule is Cc1cnnc(N2CCC(CCN)CC2)c1. The third-order valence-electron chi connectivity index (χ3n) is 3.29. The molecule has 2 rings (SSSR count). The average molecular weight is 220 g/mol. The number of rotatable bonds is 3. The van der Waals surface area contributed by atoms with Gasteiger partial charge in [0, 0.05) is 13.1 Å². The van der Waals surface area contributed by atoms with E-state index in [0.29, 0.717) is 0 Å². The molecular formula is C12H20N4. The highest BCUT2D eigenvalue weighted by Crippen LogP contribution is 2.23. The standard InChI is InChI=1S/C12H20N4/c1-10-8-12(15-14-9-10)16-6-3-11(2-5-13)4-7-16/h8-9,11H,2-7,13H2,1H3. The van der Waals surface area contributed by atoms with E-state index in [9.17, 15) is 0 Å². The fourth-order valence-electron chi connectivity index (χ4n) is 2.29. The van der Waals surface area contributed by atoms with Gasteiger partial charge in [-0.3, -0.25) is 0 Å². The highest BCUT2D eigenvalue weighted by atomic mass is 15.3. The van der Waals surface area contributed by atoms with Crippen LogP contribution < -0.4 is 10.6 Å². The Hall–Kier alpha value is -1.16. The van der Waals surface area contributed by atoms with Gasteiger partial charge in [-0.15, -0.1) is 5.10 Å². The molecule has 0 bridgehead atoms. The minimum absolute atomic E-state index is 0.805. The lowest BCUT2D eigenvalue weighted by Gasteiger charge is -2.32. The molecular weight excluding hydrogens is 200 g/mol. The highest BCUT2D eigenvalue weighted by Gasteiger charge is 2.19. The first kappa shape index (κ1) is 11.3. The lowest BCUT2D eigenvalue weighted by Crippen LogP contribution is -2.35. The summed E-state index contributed by atoms with van der Waals surface area (Å²) in [4.78, 5) is 2.33. The third-order valence-corrected chi connectivity index (χ3v) is 3.29. The number of anilines is 1. The molecule has 0 spiro atoms. The maximum Gasteiger partial charge on any atom is 0.151 e. The second-order valence-corrected chi connectivity index (χ2v) is 4.60. The number of piperidine rings is 1. The van der Waals surface area contributed by atoms with Crippen LogP contribution in [0, 0.1) is 12.8 Å². The smallest absolute Gasteiger partial charge is 0.151 e. The van der Waals surface area contributed by atoms with Gasteiger partial charge in [0.25, 0.3) is 0 Å². The summed E-state index contributed by atoms with van der Waals surface area (Å²) >= 11 is 0. The molecule has 4 nitrogen and oxygen atoms in total. The molecule has 0 saturated carbocycles. The predicted molar refractivity (Wildman–Crippen MR) is 65.4 cm³/mol. The molecule has 0 aromatic carbocycles. The number of nitrogens with two attached hydrogens (primary N) is 1. The molecule has 16 heavy (non-hydrogen) atoms. The van der Waals surface area contributed by atoms with Crippen LogP contribution in [0.1, 0.15) is 24.8 Å². The lowest BCUT2D eigenvalue weighted by molar-refractivity contribution is 0.384. The van der Waals surface area contributed by atoms with E-state index in [1.807, 2.05) is 0 Å². The van der Waals surface area contributed by atoms with Gasteiger partial charge in [-0.1, -0.05) is 0 Å². The molecule has 1 saturated heterocycles. The second-order valence-electron chi connectivity index (χ2n) is 4.60. The van der Waals surface area contributed by atoms with E-state index in [1.165, 1.54) is 18.4 Å². The van der Waals surface area contributed by atoms with Crippen molar-refractivity contribution < 1.29 is 0 Å². The fourth-order valence-corrected chi connectivity index (χ4v) is 2.29. The van der Waals surface area contributed by atoms with E-state index < -0.39 is 0 Å². The predicted octanol–water partition coefficient (Wildman–Crippen LogP) is 1.35.